The van der Waals surface area contributed by atoms with Gasteiger partial charge in [-0.1, -0.05) is 0 Å². The van der Waals surface area contributed by atoms with Gasteiger partial charge in [-0.15, -0.1) is 0 Å². The topological polar surface area (TPSA) is 109 Å². The third kappa shape index (κ3) is 1.73. The maximum absolute atomic E-state index is 13.3. The van der Waals surface area contributed by atoms with Gasteiger partial charge in [0.25, 0.3) is 0 Å². The van der Waals surface area contributed by atoms with Gasteiger partial charge in [0.15, 0.2) is 0 Å². The first-order chi connectivity index (χ1) is 7.91. The molecule has 0 fully saturated rings. The molecule has 0 radical (unpaired) electrons. The largest absolute Gasteiger partial charge is 0.316 e. The van der Waals surface area contributed by atoms with Crippen LogP contribution in [-0.4, -0.2) is 14.9 Å². The van der Waals surface area contributed by atoms with Crippen LogP contribution in [0.3, 0.4) is 0 Å². The predicted octanol–water partition coefficient (Wildman–Crippen LogP) is 1.03. The summed E-state index contributed by atoms with van der Waals surface area (Å²) in [7, 11) is 0. The Kier molecular flexibility index (Phi) is 2.54. The highest BCUT2D eigenvalue weighted by molar-refractivity contribution is 9.10. The quantitative estimate of drug-likeness (QED) is 0.466. The molecule has 1 aromatic heterocycles. The van der Waals surface area contributed by atoms with E-state index in [1.54, 1.807) is 0 Å². The van der Waals surface area contributed by atoms with Crippen molar-refractivity contribution in [3.8, 4) is 0 Å². The molecule has 0 aliphatic rings. The summed E-state index contributed by atoms with van der Waals surface area (Å²) < 4.78 is 12.9. The number of H-pyrrole nitrogens is 2. The average molecular weight is 304 g/mol. The second-order valence-corrected chi connectivity index (χ2v) is 3.90. The van der Waals surface area contributed by atoms with Gasteiger partial charge in [-0.25, -0.2) is 4.39 Å². The number of benzene rings is 1. The number of aromatic amines is 2. The number of nitro groups is 1. The molecule has 0 unspecified atom stereocenters. The molecule has 0 saturated carbocycles. The highest BCUT2D eigenvalue weighted by atomic mass is 79.9. The van der Waals surface area contributed by atoms with E-state index in [0.717, 1.165) is 6.07 Å². The molecular formula is C8H3BrFN3O4. The van der Waals surface area contributed by atoms with Gasteiger partial charge >= 0.3 is 16.8 Å². The highest BCUT2D eigenvalue weighted by Crippen LogP contribution is 2.32. The molecule has 7 nitrogen and oxygen atoms in total. The summed E-state index contributed by atoms with van der Waals surface area (Å²) in [5, 5.41) is 10.8. The number of hydrogen-bond acceptors (Lipinski definition) is 4. The van der Waals surface area contributed by atoms with Crippen LogP contribution in [0.25, 0.3) is 11.0 Å². The van der Waals surface area contributed by atoms with Gasteiger partial charge in [-0.2, -0.15) is 0 Å². The minimum absolute atomic E-state index is 0.151. The summed E-state index contributed by atoms with van der Waals surface area (Å²) in [4.78, 5) is 36.1. The molecule has 0 amide bonds. The molecule has 9 heteroatoms. The Labute approximate surface area is 99.6 Å². The van der Waals surface area contributed by atoms with E-state index in [9.17, 15) is 24.1 Å². The van der Waals surface area contributed by atoms with Crippen molar-refractivity contribution in [3.05, 3.63) is 47.2 Å². The molecule has 2 aromatic rings. The van der Waals surface area contributed by atoms with Gasteiger partial charge in [-0.3, -0.25) is 19.7 Å². The molecule has 0 bridgehead atoms. The number of hydrogen-bond donors (Lipinski definition) is 2. The number of nitrogens with zero attached hydrogens (tertiary/aromatic N) is 1. The summed E-state index contributed by atoms with van der Waals surface area (Å²) >= 11 is 2.71. The predicted molar refractivity (Wildman–Crippen MR) is 59.5 cm³/mol. The average Bonchev–Trinajstić information content (AvgIpc) is 2.23. The minimum Gasteiger partial charge on any atom is -0.316 e. The maximum atomic E-state index is 13.3. The lowest BCUT2D eigenvalue weighted by Gasteiger charge is -2.02. The third-order valence-electron chi connectivity index (χ3n) is 2.07. The minimum atomic E-state index is -1.04. The van der Waals surface area contributed by atoms with Gasteiger partial charge in [0, 0.05) is 6.07 Å². The summed E-state index contributed by atoms with van der Waals surface area (Å²) in [5.74, 6) is -0.910. The maximum Gasteiger partial charge on any atom is 0.314 e. The summed E-state index contributed by atoms with van der Waals surface area (Å²) in [6.07, 6.45) is 0. The Morgan fingerprint density at radius 3 is 2.47 bits per heavy atom. The van der Waals surface area contributed by atoms with Crippen LogP contribution in [0.15, 0.2) is 20.1 Å². The first kappa shape index (κ1) is 11.5. The van der Waals surface area contributed by atoms with Crippen molar-refractivity contribution >= 4 is 32.7 Å². The summed E-state index contributed by atoms with van der Waals surface area (Å²) in [6.45, 7) is 0. The Morgan fingerprint density at radius 1 is 1.29 bits per heavy atom. The lowest BCUT2D eigenvalue weighted by molar-refractivity contribution is -0.384. The molecule has 0 atom stereocenters. The summed E-state index contributed by atoms with van der Waals surface area (Å²) in [5.41, 5.74) is -3.09. The molecule has 2 N–H and O–H groups in total. The molecule has 17 heavy (non-hydrogen) atoms. The first-order valence-corrected chi connectivity index (χ1v) is 5.00. The van der Waals surface area contributed by atoms with Gasteiger partial charge in [0.2, 0.25) is 0 Å². The lowest BCUT2D eigenvalue weighted by atomic mass is 10.2. The Hall–Kier alpha value is -2.03. The van der Waals surface area contributed by atoms with Crippen LogP contribution in [0.1, 0.15) is 0 Å². The Morgan fingerprint density at radius 2 is 1.88 bits per heavy atom. The number of aromatic nitrogens is 2. The number of nitro benzene ring substituents is 1. The van der Waals surface area contributed by atoms with Crippen molar-refractivity contribution in [1.82, 2.24) is 9.97 Å². The monoisotopic (exact) mass is 303 g/mol. The zero-order valence-electron chi connectivity index (χ0n) is 7.91. The Balaban J connectivity index is 3.09. The van der Waals surface area contributed by atoms with E-state index in [2.05, 4.69) is 20.9 Å². The number of nitrogens with one attached hydrogen (secondary N) is 2. The zero-order chi connectivity index (χ0) is 12.7. The fraction of sp³-hybridized carbons (Fsp3) is 0. The first-order valence-electron chi connectivity index (χ1n) is 4.20. The normalized spacial score (nSPS) is 10.7. The SMILES string of the molecule is O=c1[nH]c2cc(F)c(Br)c([N+](=O)[O-])c2[nH]c1=O. The second-order valence-electron chi connectivity index (χ2n) is 3.11. The van der Waals surface area contributed by atoms with Gasteiger partial charge in [0.1, 0.15) is 15.8 Å². The van der Waals surface area contributed by atoms with E-state index in [-0.39, 0.29) is 11.0 Å². The van der Waals surface area contributed by atoms with E-state index in [4.69, 9.17) is 0 Å². The number of halogens is 2. The van der Waals surface area contributed by atoms with Crippen LogP contribution >= 0.6 is 15.9 Å². The van der Waals surface area contributed by atoms with Crippen LogP contribution in [0, 0.1) is 15.9 Å². The molecule has 1 heterocycles. The molecule has 0 aliphatic carbocycles. The molecule has 0 aliphatic heterocycles. The molecule has 88 valence electrons. The van der Waals surface area contributed by atoms with E-state index < -0.39 is 32.0 Å². The van der Waals surface area contributed by atoms with Crippen molar-refractivity contribution < 1.29 is 9.31 Å². The molecule has 2 rings (SSSR count). The van der Waals surface area contributed by atoms with E-state index in [1.807, 2.05) is 4.98 Å². The molecule has 0 saturated heterocycles. The number of rotatable bonds is 1. The standard InChI is InChI=1S/C8H3BrFN3O4/c9-4-2(10)1-3-5(6(4)13(16)17)12-8(15)7(14)11-3/h1H,(H,11,14)(H,12,15). The van der Waals surface area contributed by atoms with Gasteiger partial charge in [0.05, 0.1) is 10.4 Å². The van der Waals surface area contributed by atoms with Crippen LogP contribution < -0.4 is 11.1 Å². The van der Waals surface area contributed by atoms with Gasteiger partial charge < -0.3 is 9.97 Å². The summed E-state index contributed by atoms with van der Waals surface area (Å²) in [6, 6.07) is 0.879. The van der Waals surface area contributed by atoms with E-state index >= 15 is 0 Å². The number of fused-ring (bicyclic) bond motifs is 1. The van der Waals surface area contributed by atoms with Crippen molar-refractivity contribution in [2.24, 2.45) is 0 Å². The van der Waals surface area contributed by atoms with Crippen LogP contribution in [0.2, 0.25) is 0 Å². The van der Waals surface area contributed by atoms with Crippen molar-refractivity contribution in [1.29, 1.82) is 0 Å². The van der Waals surface area contributed by atoms with Crippen molar-refractivity contribution in [3.63, 3.8) is 0 Å². The smallest absolute Gasteiger partial charge is 0.314 e. The molecule has 1 aromatic carbocycles. The fourth-order valence-electron chi connectivity index (χ4n) is 1.36. The third-order valence-corrected chi connectivity index (χ3v) is 2.82. The van der Waals surface area contributed by atoms with Crippen LogP contribution in [0.4, 0.5) is 10.1 Å². The van der Waals surface area contributed by atoms with E-state index in [1.165, 1.54) is 0 Å². The molecular weight excluding hydrogens is 301 g/mol. The van der Waals surface area contributed by atoms with Gasteiger partial charge in [-0.05, 0) is 15.9 Å². The zero-order valence-corrected chi connectivity index (χ0v) is 9.50. The van der Waals surface area contributed by atoms with Crippen molar-refractivity contribution in [2.75, 3.05) is 0 Å². The van der Waals surface area contributed by atoms with E-state index in [0.29, 0.717) is 0 Å². The lowest BCUT2D eigenvalue weighted by Crippen LogP contribution is -2.29. The van der Waals surface area contributed by atoms with Crippen LogP contribution in [0.5, 0.6) is 0 Å². The van der Waals surface area contributed by atoms with Crippen LogP contribution in [-0.2, 0) is 0 Å². The fourth-order valence-corrected chi connectivity index (χ4v) is 1.82. The second kappa shape index (κ2) is 3.77. The molecule has 0 spiro atoms. The highest BCUT2D eigenvalue weighted by Gasteiger charge is 2.22. The Bertz CT molecular complexity index is 751. The van der Waals surface area contributed by atoms with Crippen molar-refractivity contribution in [2.45, 2.75) is 0 Å².